The molecule has 0 aromatic carbocycles. The van der Waals surface area contributed by atoms with Gasteiger partial charge in [-0.05, 0) is 77.0 Å². The predicted molar refractivity (Wildman–Crippen MR) is 307 cm³/mol. The molecule has 0 N–H and O–H groups in total. The first kappa shape index (κ1) is 67.8. The summed E-state index contributed by atoms with van der Waals surface area (Å²) in [7, 11) is 0. The third-order valence-corrected chi connectivity index (χ3v) is 13.2. The smallest absolute Gasteiger partial charge is 0.306 e. The van der Waals surface area contributed by atoms with E-state index in [1.165, 1.54) is 167 Å². The molecule has 0 aromatic rings. The van der Waals surface area contributed by atoms with Gasteiger partial charge >= 0.3 is 17.9 Å². The maximum Gasteiger partial charge on any atom is 0.306 e. The van der Waals surface area contributed by atoms with Crippen molar-refractivity contribution in [3.8, 4) is 0 Å². The molecule has 0 saturated heterocycles. The van der Waals surface area contributed by atoms with Crippen LogP contribution in [0.5, 0.6) is 0 Å². The third kappa shape index (κ3) is 57.6. The topological polar surface area (TPSA) is 78.9 Å². The molecule has 71 heavy (non-hydrogen) atoms. The van der Waals surface area contributed by atoms with E-state index in [1.807, 2.05) is 0 Å². The van der Waals surface area contributed by atoms with Crippen LogP contribution in [-0.4, -0.2) is 37.2 Å². The van der Waals surface area contributed by atoms with E-state index >= 15 is 0 Å². The molecular weight excluding hydrogens is 877 g/mol. The molecule has 0 saturated carbocycles. The molecule has 0 spiro atoms. The van der Waals surface area contributed by atoms with Gasteiger partial charge in [-0.2, -0.15) is 0 Å². The van der Waals surface area contributed by atoms with Gasteiger partial charge in [0.15, 0.2) is 6.10 Å². The fraction of sp³-hybridized carbons (Fsp3) is 0.769. The van der Waals surface area contributed by atoms with Gasteiger partial charge in [-0.15, -0.1) is 0 Å². The van der Waals surface area contributed by atoms with Crippen LogP contribution in [0, 0.1) is 0 Å². The summed E-state index contributed by atoms with van der Waals surface area (Å²) < 4.78 is 16.8. The summed E-state index contributed by atoms with van der Waals surface area (Å²) in [6.07, 6.45) is 76.4. The lowest BCUT2D eigenvalue weighted by atomic mass is 10.0. The maximum atomic E-state index is 12.8. The SMILES string of the molecule is CC/C=C\C/C=C\C/C=C\C/C=C\C/C=C\CCCC(=O)OC(COC(=O)CCCCCCC/C=C\CCCC)COC(=O)CCCCCCCCCCCCCCCCCCCCCCCCCCC. The highest BCUT2D eigenvalue weighted by atomic mass is 16.6. The van der Waals surface area contributed by atoms with E-state index in [9.17, 15) is 14.4 Å². The predicted octanol–water partition coefficient (Wildman–Crippen LogP) is 20.5. The van der Waals surface area contributed by atoms with Crippen molar-refractivity contribution in [2.24, 2.45) is 0 Å². The number of rotatable bonds is 55. The zero-order chi connectivity index (χ0) is 51.4. The molecule has 0 bridgehead atoms. The molecule has 1 atom stereocenters. The maximum absolute atomic E-state index is 12.8. The van der Waals surface area contributed by atoms with Gasteiger partial charge in [0.2, 0.25) is 0 Å². The Morgan fingerprint density at radius 2 is 0.577 bits per heavy atom. The second-order valence-corrected chi connectivity index (χ2v) is 20.2. The Balaban J connectivity index is 4.28. The van der Waals surface area contributed by atoms with Crippen LogP contribution in [-0.2, 0) is 28.6 Å². The van der Waals surface area contributed by atoms with Crippen LogP contribution < -0.4 is 0 Å². The number of hydrogen-bond acceptors (Lipinski definition) is 6. The zero-order valence-corrected chi connectivity index (χ0v) is 47.0. The number of carbonyl (C=O) groups is 3. The van der Waals surface area contributed by atoms with Crippen molar-refractivity contribution in [3.63, 3.8) is 0 Å². The lowest BCUT2D eigenvalue weighted by molar-refractivity contribution is -0.167. The summed E-state index contributed by atoms with van der Waals surface area (Å²) in [4.78, 5) is 38.1. The quantitative estimate of drug-likeness (QED) is 0.0261. The molecule has 0 heterocycles. The highest BCUT2D eigenvalue weighted by molar-refractivity contribution is 5.71. The Hall–Kier alpha value is -3.15. The first-order chi connectivity index (χ1) is 35.0. The van der Waals surface area contributed by atoms with Crippen molar-refractivity contribution >= 4 is 17.9 Å². The Kier molecular flexibility index (Phi) is 56.8. The fourth-order valence-electron chi connectivity index (χ4n) is 8.64. The van der Waals surface area contributed by atoms with Gasteiger partial charge in [0.1, 0.15) is 13.2 Å². The van der Waals surface area contributed by atoms with Gasteiger partial charge in [-0.1, -0.05) is 280 Å². The summed E-state index contributed by atoms with van der Waals surface area (Å²) in [5.41, 5.74) is 0. The van der Waals surface area contributed by atoms with Crippen molar-refractivity contribution in [1.82, 2.24) is 0 Å². The van der Waals surface area contributed by atoms with Crippen LogP contribution in [0.2, 0.25) is 0 Å². The van der Waals surface area contributed by atoms with Crippen molar-refractivity contribution in [2.75, 3.05) is 13.2 Å². The molecule has 6 nitrogen and oxygen atoms in total. The normalized spacial score (nSPS) is 12.5. The van der Waals surface area contributed by atoms with Crippen LogP contribution in [0.15, 0.2) is 72.9 Å². The minimum atomic E-state index is -0.807. The van der Waals surface area contributed by atoms with E-state index in [-0.39, 0.29) is 37.5 Å². The van der Waals surface area contributed by atoms with Crippen molar-refractivity contribution in [3.05, 3.63) is 72.9 Å². The Morgan fingerprint density at radius 1 is 0.296 bits per heavy atom. The molecule has 0 aliphatic heterocycles. The highest BCUT2D eigenvalue weighted by Gasteiger charge is 2.19. The van der Waals surface area contributed by atoms with Crippen molar-refractivity contribution in [1.29, 1.82) is 0 Å². The molecule has 0 aromatic heterocycles. The average molecular weight is 992 g/mol. The number of carbonyl (C=O) groups excluding carboxylic acids is 3. The molecule has 0 aliphatic rings. The van der Waals surface area contributed by atoms with Gasteiger partial charge in [-0.25, -0.2) is 0 Å². The Labute approximate surface area is 440 Å². The van der Waals surface area contributed by atoms with Crippen LogP contribution in [0.25, 0.3) is 0 Å². The molecule has 0 radical (unpaired) electrons. The average Bonchev–Trinajstić information content (AvgIpc) is 3.37. The van der Waals surface area contributed by atoms with E-state index in [2.05, 4.69) is 93.7 Å². The van der Waals surface area contributed by atoms with Crippen molar-refractivity contribution < 1.29 is 28.6 Å². The van der Waals surface area contributed by atoms with Gasteiger partial charge in [0.25, 0.3) is 0 Å². The summed E-state index contributed by atoms with van der Waals surface area (Å²) in [6, 6.07) is 0. The van der Waals surface area contributed by atoms with Crippen LogP contribution in [0.1, 0.15) is 303 Å². The summed E-state index contributed by atoms with van der Waals surface area (Å²) in [5.74, 6) is -0.957. The zero-order valence-electron chi connectivity index (χ0n) is 47.0. The van der Waals surface area contributed by atoms with Gasteiger partial charge in [0.05, 0.1) is 0 Å². The molecule has 0 fully saturated rings. The second-order valence-electron chi connectivity index (χ2n) is 20.2. The molecule has 6 heteroatoms. The van der Waals surface area contributed by atoms with Gasteiger partial charge in [-0.3, -0.25) is 14.4 Å². The summed E-state index contributed by atoms with van der Waals surface area (Å²) in [5, 5.41) is 0. The minimum Gasteiger partial charge on any atom is -0.462 e. The fourth-order valence-corrected chi connectivity index (χ4v) is 8.64. The molecular formula is C65H114O6. The van der Waals surface area contributed by atoms with E-state index in [0.717, 1.165) is 89.9 Å². The van der Waals surface area contributed by atoms with E-state index in [1.54, 1.807) is 0 Å². The molecule has 0 amide bonds. The molecule has 410 valence electrons. The highest BCUT2D eigenvalue weighted by Crippen LogP contribution is 2.17. The summed E-state index contributed by atoms with van der Waals surface area (Å²) >= 11 is 0. The number of esters is 3. The summed E-state index contributed by atoms with van der Waals surface area (Å²) in [6.45, 7) is 6.46. The lowest BCUT2D eigenvalue weighted by Crippen LogP contribution is -2.30. The van der Waals surface area contributed by atoms with Crippen molar-refractivity contribution in [2.45, 2.75) is 309 Å². The Morgan fingerprint density at radius 3 is 0.958 bits per heavy atom. The van der Waals surface area contributed by atoms with E-state index < -0.39 is 6.10 Å². The van der Waals surface area contributed by atoms with Crippen LogP contribution in [0.3, 0.4) is 0 Å². The monoisotopic (exact) mass is 991 g/mol. The number of ether oxygens (including phenoxy) is 3. The Bertz CT molecular complexity index is 1320. The van der Waals surface area contributed by atoms with E-state index in [4.69, 9.17) is 14.2 Å². The minimum absolute atomic E-state index is 0.0983. The van der Waals surface area contributed by atoms with Gasteiger partial charge < -0.3 is 14.2 Å². The number of unbranched alkanes of at least 4 members (excludes halogenated alkanes) is 32. The molecule has 1 unspecified atom stereocenters. The standard InChI is InChI=1S/C65H114O6/c1-4-7-10-13-16-19-22-24-26-28-29-30-31-32-33-34-35-37-38-40-43-46-49-52-55-58-64(67)70-61-62(60-69-63(66)57-54-51-48-45-42-21-18-15-12-9-6-3)71-65(68)59-56-53-50-47-44-41-39-36-27-25-23-20-17-14-11-8-5-2/h8,11,15,17-18,20,25,27,39,41,47,50,62H,4-7,9-10,12-14,16,19,21-24,26,28-38,40,42-46,48-49,51-61H2,1-3H3/b11-8-,18-15-,20-17-,27-25-,41-39-,50-47-. The number of hydrogen-bond donors (Lipinski definition) is 0. The second kappa shape index (κ2) is 59.4. The van der Waals surface area contributed by atoms with Crippen LogP contribution in [0.4, 0.5) is 0 Å². The number of allylic oxidation sites excluding steroid dienone is 12. The largest absolute Gasteiger partial charge is 0.462 e. The third-order valence-electron chi connectivity index (χ3n) is 13.2. The first-order valence-corrected chi connectivity index (χ1v) is 30.4. The molecule has 0 aliphatic carbocycles. The van der Waals surface area contributed by atoms with Gasteiger partial charge in [0, 0.05) is 19.3 Å². The first-order valence-electron chi connectivity index (χ1n) is 30.4. The van der Waals surface area contributed by atoms with E-state index in [0.29, 0.717) is 19.3 Å². The lowest BCUT2D eigenvalue weighted by Gasteiger charge is -2.18. The molecule has 0 rings (SSSR count). The van der Waals surface area contributed by atoms with Crippen LogP contribution >= 0.6 is 0 Å².